The molecule has 0 bridgehead atoms. The normalized spacial score (nSPS) is 22.9. The Kier molecular flexibility index (Phi) is 6.68. The van der Waals surface area contributed by atoms with Gasteiger partial charge in [0.15, 0.2) is 9.84 Å². The van der Waals surface area contributed by atoms with Gasteiger partial charge in [-0.3, -0.25) is 9.59 Å². The minimum absolute atomic E-state index is 0.132. The number of likely N-dealkylation sites (tertiary alicyclic amines) is 1. The summed E-state index contributed by atoms with van der Waals surface area (Å²) in [6.45, 7) is 2.06. The Bertz CT molecular complexity index is 1620. The number of carbonyl (C=O) groups excluding carboxylic acids is 2. The molecule has 1 aromatic heterocycles. The Morgan fingerprint density at radius 2 is 1.74 bits per heavy atom. The molecule has 2 atom stereocenters. The van der Waals surface area contributed by atoms with Gasteiger partial charge in [-0.1, -0.05) is 0 Å². The molecule has 1 aromatic carbocycles. The fourth-order valence-electron chi connectivity index (χ4n) is 5.29. The van der Waals surface area contributed by atoms with Crippen LogP contribution < -0.4 is 5.32 Å². The summed E-state index contributed by atoms with van der Waals surface area (Å²) >= 11 is 0. The third-order valence-electron chi connectivity index (χ3n) is 7.99. The van der Waals surface area contributed by atoms with Gasteiger partial charge < -0.3 is 10.2 Å². The van der Waals surface area contributed by atoms with E-state index in [9.17, 15) is 49.6 Å². The summed E-state index contributed by atoms with van der Waals surface area (Å²) in [4.78, 5) is 29.7. The zero-order valence-electron chi connectivity index (χ0n) is 22.2. The number of alkyl halides is 6. The second-order valence-corrected chi connectivity index (χ2v) is 13.1. The van der Waals surface area contributed by atoms with Crippen LogP contribution in [0, 0.1) is 30.6 Å². The van der Waals surface area contributed by atoms with Gasteiger partial charge in [0.2, 0.25) is 11.8 Å². The fraction of sp³-hybridized carbons (Fsp3) is 0.560. The van der Waals surface area contributed by atoms with Crippen molar-refractivity contribution in [3.63, 3.8) is 0 Å². The Hall–Kier alpha value is -3.68. The SMILES string of the molecule is Cc1nc(C)n(-c2ccc(S(=O)(=O)[C@@H]3C[C@@H](C(=O)NC4(C#N)CC4)N(C(=O)C4(C(F)(F)F)CC4)C3)c(C(F)(F)F)c2)n1. The molecule has 3 fully saturated rings. The first-order valence-electron chi connectivity index (χ1n) is 12.8. The summed E-state index contributed by atoms with van der Waals surface area (Å²) in [7, 11) is -4.97. The number of nitriles is 1. The molecule has 226 valence electrons. The maximum atomic E-state index is 14.2. The highest BCUT2D eigenvalue weighted by Crippen LogP contribution is 2.59. The van der Waals surface area contributed by atoms with Crippen LogP contribution in [0.1, 0.15) is 49.3 Å². The zero-order valence-corrected chi connectivity index (χ0v) is 23.0. The van der Waals surface area contributed by atoms with Crippen molar-refractivity contribution in [2.24, 2.45) is 5.41 Å². The summed E-state index contributed by atoms with van der Waals surface area (Å²) in [5.41, 5.74) is -5.77. The molecule has 17 heteroatoms. The number of amides is 2. The van der Waals surface area contributed by atoms with E-state index in [4.69, 9.17) is 0 Å². The number of aryl methyl sites for hydroxylation is 2. The van der Waals surface area contributed by atoms with Crippen molar-refractivity contribution >= 4 is 21.7 Å². The standard InChI is InChI=1S/C25H24F6N6O4S/c1-13-33-14(2)37(35-13)15-3-4-19(17(9-15)24(26,27)28)42(40,41)16-10-18(20(38)34-22(12-32)5-6-22)36(11-16)21(39)23(7-8-23)25(29,30)31/h3-4,9,16,18H,5-8,10-11H2,1-2H3,(H,34,38)/t16-,18+/m1/s1. The number of hydrogen-bond donors (Lipinski definition) is 1. The van der Waals surface area contributed by atoms with Crippen LogP contribution in [0.5, 0.6) is 0 Å². The number of rotatable bonds is 6. The summed E-state index contributed by atoms with van der Waals surface area (Å²) < 4.78 is 113. The number of nitrogens with zero attached hydrogens (tertiary/aromatic N) is 5. The smallest absolute Gasteiger partial charge is 0.336 e. The number of hydrogen-bond acceptors (Lipinski definition) is 7. The Morgan fingerprint density at radius 1 is 1.10 bits per heavy atom. The van der Waals surface area contributed by atoms with Gasteiger partial charge in [-0.15, -0.1) is 0 Å². The van der Waals surface area contributed by atoms with E-state index in [-0.39, 0.29) is 30.2 Å². The second kappa shape index (κ2) is 9.41. The monoisotopic (exact) mass is 618 g/mol. The zero-order chi connectivity index (χ0) is 31.0. The van der Waals surface area contributed by atoms with Crippen LogP contribution in [0.2, 0.25) is 0 Å². The third kappa shape index (κ3) is 4.88. The quantitative estimate of drug-likeness (QED) is 0.491. The summed E-state index contributed by atoms with van der Waals surface area (Å²) in [6, 6.07) is 2.50. The number of halogens is 6. The average Bonchev–Trinajstić information content (AvgIpc) is 3.79. The lowest BCUT2D eigenvalue weighted by atomic mass is 10.0. The average molecular weight is 619 g/mol. The molecule has 2 amide bonds. The molecule has 2 aromatic rings. The predicted octanol–water partition coefficient (Wildman–Crippen LogP) is 3.16. The van der Waals surface area contributed by atoms with E-state index in [0.717, 1.165) is 16.8 Å². The molecule has 3 aliphatic rings. The number of benzene rings is 1. The highest BCUT2D eigenvalue weighted by atomic mass is 32.2. The third-order valence-corrected chi connectivity index (χ3v) is 10.2. The molecular weight excluding hydrogens is 594 g/mol. The number of sulfone groups is 1. The first kappa shape index (κ1) is 29.8. The first-order chi connectivity index (χ1) is 19.3. The first-order valence-corrected chi connectivity index (χ1v) is 14.4. The number of nitrogens with one attached hydrogen (secondary N) is 1. The van der Waals surface area contributed by atoms with Gasteiger partial charge in [0.25, 0.3) is 0 Å². The lowest BCUT2D eigenvalue weighted by Gasteiger charge is -2.29. The van der Waals surface area contributed by atoms with Crippen molar-refractivity contribution in [2.45, 2.75) is 80.0 Å². The van der Waals surface area contributed by atoms with Crippen molar-refractivity contribution in [1.29, 1.82) is 5.26 Å². The lowest BCUT2D eigenvalue weighted by Crippen LogP contribution is -2.53. The maximum absolute atomic E-state index is 14.2. The van der Waals surface area contributed by atoms with E-state index in [1.54, 1.807) is 0 Å². The van der Waals surface area contributed by atoms with Crippen LogP contribution in [0.15, 0.2) is 23.1 Å². The molecule has 10 nitrogen and oxygen atoms in total. The molecule has 1 saturated heterocycles. The molecule has 0 unspecified atom stereocenters. The topological polar surface area (TPSA) is 138 Å². The van der Waals surface area contributed by atoms with Crippen LogP contribution in [0.4, 0.5) is 26.3 Å². The largest absolute Gasteiger partial charge is 0.417 e. The predicted molar refractivity (Wildman–Crippen MR) is 130 cm³/mol. The van der Waals surface area contributed by atoms with Crippen LogP contribution in [0.3, 0.4) is 0 Å². The Labute approximate surface area is 235 Å². The lowest BCUT2D eigenvalue weighted by molar-refractivity contribution is -0.199. The molecule has 1 aliphatic heterocycles. The van der Waals surface area contributed by atoms with Crippen LogP contribution >= 0.6 is 0 Å². The minimum Gasteiger partial charge on any atom is -0.336 e. The van der Waals surface area contributed by atoms with Gasteiger partial charge in [-0.2, -0.15) is 36.7 Å². The van der Waals surface area contributed by atoms with Crippen molar-refractivity contribution in [1.82, 2.24) is 25.0 Å². The van der Waals surface area contributed by atoms with Gasteiger partial charge in [-0.25, -0.2) is 18.1 Å². The summed E-state index contributed by atoms with van der Waals surface area (Å²) in [6.07, 6.45) is -11.6. The van der Waals surface area contributed by atoms with E-state index in [1.165, 1.54) is 13.8 Å². The molecule has 2 heterocycles. The minimum atomic E-state index is -5.17. The Balaban J connectivity index is 1.53. The molecule has 2 aliphatic carbocycles. The molecule has 1 N–H and O–H groups in total. The Morgan fingerprint density at radius 3 is 2.21 bits per heavy atom. The molecular formula is C25H24F6N6O4S. The van der Waals surface area contributed by atoms with Gasteiger partial charge in [-0.05, 0) is 64.2 Å². The summed E-state index contributed by atoms with van der Waals surface area (Å²) in [5, 5.41) is 13.9. The van der Waals surface area contributed by atoms with Gasteiger partial charge >= 0.3 is 12.4 Å². The van der Waals surface area contributed by atoms with Crippen LogP contribution in [-0.4, -0.2) is 69.4 Å². The van der Waals surface area contributed by atoms with E-state index < -0.39 is 92.5 Å². The molecule has 0 radical (unpaired) electrons. The fourth-order valence-corrected chi connectivity index (χ4v) is 7.18. The van der Waals surface area contributed by atoms with Crippen molar-refractivity contribution in [3.8, 4) is 11.8 Å². The van der Waals surface area contributed by atoms with Gasteiger partial charge in [0, 0.05) is 6.54 Å². The van der Waals surface area contributed by atoms with E-state index in [1.807, 2.05) is 6.07 Å². The van der Waals surface area contributed by atoms with Crippen molar-refractivity contribution in [2.75, 3.05) is 6.54 Å². The molecule has 5 rings (SSSR count). The van der Waals surface area contributed by atoms with Crippen LogP contribution in [-0.2, 0) is 25.6 Å². The number of aromatic nitrogens is 3. The van der Waals surface area contributed by atoms with Crippen molar-refractivity contribution in [3.05, 3.63) is 35.4 Å². The number of carbonyl (C=O) groups is 2. The highest BCUT2D eigenvalue weighted by Gasteiger charge is 2.70. The molecule has 0 spiro atoms. The molecule has 2 saturated carbocycles. The van der Waals surface area contributed by atoms with Crippen LogP contribution in [0.25, 0.3) is 5.69 Å². The van der Waals surface area contributed by atoms with E-state index in [0.29, 0.717) is 11.0 Å². The van der Waals surface area contributed by atoms with Crippen molar-refractivity contribution < 1.29 is 44.3 Å². The van der Waals surface area contributed by atoms with E-state index >= 15 is 0 Å². The maximum Gasteiger partial charge on any atom is 0.417 e. The molecule has 42 heavy (non-hydrogen) atoms. The highest BCUT2D eigenvalue weighted by molar-refractivity contribution is 7.92. The van der Waals surface area contributed by atoms with E-state index in [2.05, 4.69) is 15.4 Å². The van der Waals surface area contributed by atoms with Gasteiger partial charge in [0.1, 0.15) is 28.6 Å². The van der Waals surface area contributed by atoms with Gasteiger partial charge in [0.05, 0.1) is 27.5 Å². The summed E-state index contributed by atoms with van der Waals surface area (Å²) in [5.74, 6) is -2.06. The second-order valence-electron chi connectivity index (χ2n) is 10.9.